The van der Waals surface area contributed by atoms with Crippen molar-refractivity contribution in [2.75, 3.05) is 6.61 Å². The number of carbonyl (C=O) groups excluding carboxylic acids is 1. The Morgan fingerprint density at radius 3 is 2.87 bits per heavy atom. The molecular weight excluding hydrogens is 190 g/mol. The molecule has 0 saturated carbocycles. The van der Waals surface area contributed by atoms with Crippen LogP contribution in [0.15, 0.2) is 18.8 Å². The van der Waals surface area contributed by atoms with Crippen LogP contribution in [0.3, 0.4) is 0 Å². The van der Waals surface area contributed by atoms with Gasteiger partial charge in [0.1, 0.15) is 0 Å². The summed E-state index contributed by atoms with van der Waals surface area (Å²) >= 11 is 0. The highest BCUT2D eigenvalue weighted by Gasteiger charge is 2.09. The van der Waals surface area contributed by atoms with Crippen molar-refractivity contribution in [2.45, 2.75) is 20.3 Å². The average molecular weight is 205 g/mol. The normalized spacial score (nSPS) is 9.73. The Labute approximate surface area is 89.8 Å². The minimum absolute atomic E-state index is 0.337. The SMILES string of the molecule is C=Cc1cc(C(=O)OCC)cnc1CC. The molecule has 0 atom stereocenters. The summed E-state index contributed by atoms with van der Waals surface area (Å²) in [6.07, 6.45) is 4.07. The van der Waals surface area contributed by atoms with Gasteiger partial charge in [-0.3, -0.25) is 4.98 Å². The Morgan fingerprint density at radius 2 is 2.33 bits per heavy atom. The number of hydrogen-bond donors (Lipinski definition) is 0. The molecule has 1 aromatic heterocycles. The summed E-state index contributed by atoms with van der Waals surface area (Å²) in [7, 11) is 0. The predicted molar refractivity (Wildman–Crippen MR) is 59.7 cm³/mol. The molecule has 15 heavy (non-hydrogen) atoms. The topological polar surface area (TPSA) is 39.2 Å². The number of ether oxygens (including phenoxy) is 1. The van der Waals surface area contributed by atoms with Gasteiger partial charge in [-0.05, 0) is 25.0 Å². The number of pyridine rings is 1. The van der Waals surface area contributed by atoms with Gasteiger partial charge in [0, 0.05) is 11.9 Å². The van der Waals surface area contributed by atoms with Crippen LogP contribution in [0.25, 0.3) is 6.08 Å². The molecule has 0 saturated heterocycles. The van der Waals surface area contributed by atoms with Crippen molar-refractivity contribution in [3.8, 4) is 0 Å². The van der Waals surface area contributed by atoms with Crippen LogP contribution < -0.4 is 0 Å². The molecule has 0 unspecified atom stereocenters. The highest BCUT2D eigenvalue weighted by atomic mass is 16.5. The van der Waals surface area contributed by atoms with Crippen LogP contribution in [0.4, 0.5) is 0 Å². The first kappa shape index (κ1) is 11.4. The summed E-state index contributed by atoms with van der Waals surface area (Å²) in [4.78, 5) is 15.6. The minimum atomic E-state index is -0.337. The Morgan fingerprint density at radius 1 is 1.60 bits per heavy atom. The molecule has 1 rings (SSSR count). The van der Waals surface area contributed by atoms with Crippen molar-refractivity contribution in [2.24, 2.45) is 0 Å². The maximum absolute atomic E-state index is 11.4. The first-order valence-electron chi connectivity index (χ1n) is 5.01. The van der Waals surface area contributed by atoms with Gasteiger partial charge in [0.05, 0.1) is 12.2 Å². The van der Waals surface area contributed by atoms with Crippen molar-refractivity contribution in [1.82, 2.24) is 4.98 Å². The maximum atomic E-state index is 11.4. The van der Waals surface area contributed by atoms with E-state index >= 15 is 0 Å². The Kier molecular flexibility index (Phi) is 4.03. The van der Waals surface area contributed by atoms with Crippen LogP contribution in [0, 0.1) is 0 Å². The number of nitrogens with zero attached hydrogens (tertiary/aromatic N) is 1. The molecule has 0 radical (unpaired) electrons. The molecule has 3 nitrogen and oxygen atoms in total. The number of esters is 1. The van der Waals surface area contributed by atoms with Crippen molar-refractivity contribution >= 4 is 12.0 Å². The number of aromatic nitrogens is 1. The third kappa shape index (κ3) is 2.65. The second-order valence-corrected chi connectivity index (χ2v) is 3.04. The smallest absolute Gasteiger partial charge is 0.339 e. The fourth-order valence-corrected chi connectivity index (χ4v) is 1.31. The van der Waals surface area contributed by atoms with Crippen molar-refractivity contribution in [1.29, 1.82) is 0 Å². The molecule has 0 aliphatic heterocycles. The van der Waals surface area contributed by atoms with Crippen LogP contribution in [0.5, 0.6) is 0 Å². The minimum Gasteiger partial charge on any atom is -0.462 e. The van der Waals surface area contributed by atoms with E-state index in [0.29, 0.717) is 12.2 Å². The lowest BCUT2D eigenvalue weighted by Gasteiger charge is -2.05. The van der Waals surface area contributed by atoms with Crippen LogP contribution in [-0.2, 0) is 11.2 Å². The van der Waals surface area contributed by atoms with Crippen LogP contribution in [0.2, 0.25) is 0 Å². The van der Waals surface area contributed by atoms with Gasteiger partial charge in [0.2, 0.25) is 0 Å². The fourth-order valence-electron chi connectivity index (χ4n) is 1.31. The Hall–Kier alpha value is -1.64. The van der Waals surface area contributed by atoms with E-state index < -0.39 is 0 Å². The lowest BCUT2D eigenvalue weighted by molar-refractivity contribution is 0.0526. The fraction of sp³-hybridized carbons (Fsp3) is 0.333. The number of carbonyl (C=O) groups is 1. The van der Waals surface area contributed by atoms with E-state index in [0.717, 1.165) is 17.7 Å². The Bertz CT molecular complexity index is 372. The monoisotopic (exact) mass is 205 g/mol. The van der Waals surface area contributed by atoms with E-state index in [-0.39, 0.29) is 5.97 Å². The lowest BCUT2D eigenvalue weighted by Crippen LogP contribution is -2.06. The van der Waals surface area contributed by atoms with Crippen LogP contribution in [-0.4, -0.2) is 17.6 Å². The second-order valence-electron chi connectivity index (χ2n) is 3.04. The van der Waals surface area contributed by atoms with Gasteiger partial charge in [-0.25, -0.2) is 4.79 Å². The summed E-state index contributed by atoms with van der Waals surface area (Å²) in [6.45, 7) is 7.86. The molecule has 0 spiro atoms. The average Bonchev–Trinajstić information content (AvgIpc) is 2.28. The molecule has 0 N–H and O–H groups in total. The van der Waals surface area contributed by atoms with Gasteiger partial charge in [-0.1, -0.05) is 19.6 Å². The molecule has 0 bridgehead atoms. The summed E-state index contributed by atoms with van der Waals surface area (Å²) < 4.78 is 4.89. The third-order valence-electron chi connectivity index (χ3n) is 2.07. The molecule has 0 aromatic carbocycles. The van der Waals surface area contributed by atoms with Crippen LogP contribution in [0.1, 0.15) is 35.5 Å². The molecule has 0 amide bonds. The number of hydrogen-bond acceptors (Lipinski definition) is 3. The van der Waals surface area contributed by atoms with E-state index in [2.05, 4.69) is 11.6 Å². The zero-order valence-corrected chi connectivity index (χ0v) is 9.12. The summed E-state index contributed by atoms with van der Waals surface area (Å²) in [5, 5.41) is 0. The first-order chi connectivity index (χ1) is 7.22. The molecule has 1 aromatic rings. The van der Waals surface area contributed by atoms with Crippen molar-refractivity contribution in [3.05, 3.63) is 35.7 Å². The van der Waals surface area contributed by atoms with Crippen molar-refractivity contribution < 1.29 is 9.53 Å². The molecule has 0 aliphatic rings. The van der Waals surface area contributed by atoms with E-state index in [1.54, 1.807) is 25.3 Å². The maximum Gasteiger partial charge on any atom is 0.339 e. The number of aryl methyl sites for hydroxylation is 1. The lowest BCUT2D eigenvalue weighted by atomic mass is 10.1. The van der Waals surface area contributed by atoms with Gasteiger partial charge in [0.25, 0.3) is 0 Å². The highest BCUT2D eigenvalue weighted by Crippen LogP contribution is 2.11. The largest absolute Gasteiger partial charge is 0.462 e. The standard InChI is InChI=1S/C12H15NO2/c1-4-9-7-10(12(14)15-6-3)8-13-11(9)5-2/h4,7-8H,1,5-6H2,2-3H3. The second kappa shape index (κ2) is 5.29. The molecule has 0 aliphatic carbocycles. The molecule has 0 fully saturated rings. The quantitative estimate of drug-likeness (QED) is 0.709. The van der Waals surface area contributed by atoms with Crippen molar-refractivity contribution in [3.63, 3.8) is 0 Å². The van der Waals surface area contributed by atoms with E-state index in [9.17, 15) is 4.79 Å². The Balaban J connectivity index is 3.02. The first-order valence-corrected chi connectivity index (χ1v) is 5.01. The van der Waals surface area contributed by atoms with Crippen LogP contribution >= 0.6 is 0 Å². The molecular formula is C12H15NO2. The van der Waals surface area contributed by atoms with E-state index in [4.69, 9.17) is 4.74 Å². The predicted octanol–water partition coefficient (Wildman–Crippen LogP) is 2.46. The van der Waals surface area contributed by atoms with Gasteiger partial charge in [-0.2, -0.15) is 0 Å². The zero-order valence-electron chi connectivity index (χ0n) is 9.12. The molecule has 1 heterocycles. The summed E-state index contributed by atoms with van der Waals surface area (Å²) in [5.41, 5.74) is 2.31. The van der Waals surface area contributed by atoms with E-state index in [1.807, 2.05) is 6.92 Å². The summed E-state index contributed by atoms with van der Waals surface area (Å²) in [5.74, 6) is -0.337. The highest BCUT2D eigenvalue weighted by molar-refractivity contribution is 5.89. The summed E-state index contributed by atoms with van der Waals surface area (Å²) in [6, 6.07) is 1.76. The molecule has 80 valence electrons. The van der Waals surface area contributed by atoms with Gasteiger partial charge in [0.15, 0.2) is 0 Å². The van der Waals surface area contributed by atoms with E-state index in [1.165, 1.54) is 0 Å². The van der Waals surface area contributed by atoms with Gasteiger partial charge >= 0.3 is 5.97 Å². The zero-order chi connectivity index (χ0) is 11.3. The van der Waals surface area contributed by atoms with Gasteiger partial charge in [-0.15, -0.1) is 0 Å². The van der Waals surface area contributed by atoms with Gasteiger partial charge < -0.3 is 4.74 Å². The molecule has 3 heteroatoms. The number of rotatable bonds is 4. The third-order valence-corrected chi connectivity index (χ3v) is 2.07.